The zero-order valence-electron chi connectivity index (χ0n) is 8.13. The molecular weight excluding hydrogens is 150 g/mol. The van der Waals surface area contributed by atoms with Gasteiger partial charge in [0.2, 0.25) is 0 Å². The molecule has 0 fully saturated rings. The minimum absolute atomic E-state index is 0.379. The van der Waals surface area contributed by atoms with E-state index in [1.807, 2.05) is 14.0 Å². The first-order valence-electron chi connectivity index (χ1n) is 4.09. The first-order chi connectivity index (χ1) is 5.52. The third-order valence-electron chi connectivity index (χ3n) is 1.68. The number of nitrogens with zero attached hydrogens (tertiary/aromatic N) is 3. The Morgan fingerprint density at radius 3 is 2.33 bits per heavy atom. The summed E-state index contributed by atoms with van der Waals surface area (Å²) in [5, 5.41) is 4.28. The van der Waals surface area contributed by atoms with E-state index in [4.69, 9.17) is 0 Å². The highest BCUT2D eigenvalue weighted by molar-refractivity contribution is 5.54. The normalized spacial score (nSPS) is 10.8. The average molecular weight is 165 g/mol. The van der Waals surface area contributed by atoms with Crippen molar-refractivity contribution in [1.82, 2.24) is 14.8 Å². The molecule has 0 atom stereocenters. The van der Waals surface area contributed by atoms with Crippen LogP contribution in [-0.2, 0) is 7.05 Å². The summed E-state index contributed by atoms with van der Waals surface area (Å²) in [5.74, 6) is 2.14. The molecule has 0 saturated heterocycles. The predicted octanol–water partition coefficient (Wildman–Crippen LogP) is 1.97. The van der Waals surface area contributed by atoms with Crippen LogP contribution in [0.25, 0.3) is 5.57 Å². The molecule has 1 aromatic rings. The van der Waals surface area contributed by atoms with E-state index >= 15 is 0 Å². The van der Waals surface area contributed by atoms with Gasteiger partial charge in [0.15, 0.2) is 11.6 Å². The lowest BCUT2D eigenvalue weighted by Crippen LogP contribution is -1.96. The lowest BCUT2D eigenvalue weighted by Gasteiger charge is -1.94. The molecule has 0 amide bonds. The molecule has 12 heavy (non-hydrogen) atoms. The molecule has 3 heteroatoms. The molecule has 66 valence electrons. The Morgan fingerprint density at radius 2 is 2.08 bits per heavy atom. The van der Waals surface area contributed by atoms with Gasteiger partial charge < -0.3 is 0 Å². The molecule has 0 radical (unpaired) electrons. The molecule has 0 aliphatic rings. The number of hydrogen-bond donors (Lipinski definition) is 0. The van der Waals surface area contributed by atoms with E-state index in [1.54, 1.807) is 4.68 Å². The molecule has 0 aliphatic carbocycles. The molecular formula is C9H15N3. The molecule has 0 bridgehead atoms. The number of aromatic nitrogens is 3. The van der Waals surface area contributed by atoms with Crippen molar-refractivity contribution in [1.29, 1.82) is 0 Å². The van der Waals surface area contributed by atoms with Crippen LogP contribution < -0.4 is 0 Å². The van der Waals surface area contributed by atoms with Gasteiger partial charge in [-0.1, -0.05) is 20.4 Å². The summed E-state index contributed by atoms with van der Waals surface area (Å²) in [6.45, 7) is 9.94. The van der Waals surface area contributed by atoms with Gasteiger partial charge >= 0.3 is 0 Å². The lowest BCUT2D eigenvalue weighted by atomic mass is 10.2. The van der Waals surface area contributed by atoms with Gasteiger partial charge in [0, 0.05) is 13.0 Å². The standard InChI is InChI=1S/C9H15N3/c1-6(2)8-10-9(7(3)4)12(5)11-8/h6H,3H2,1-2,4-5H3. The van der Waals surface area contributed by atoms with Crippen LogP contribution in [0.4, 0.5) is 0 Å². The van der Waals surface area contributed by atoms with E-state index in [0.717, 1.165) is 17.2 Å². The molecule has 1 aromatic heterocycles. The van der Waals surface area contributed by atoms with Gasteiger partial charge in [-0.25, -0.2) is 9.67 Å². The van der Waals surface area contributed by atoms with Crippen molar-refractivity contribution in [3.05, 3.63) is 18.2 Å². The SMILES string of the molecule is C=C(C)c1nc(C(C)C)nn1C. The van der Waals surface area contributed by atoms with Gasteiger partial charge in [-0.3, -0.25) is 0 Å². The van der Waals surface area contributed by atoms with Crippen LogP contribution >= 0.6 is 0 Å². The van der Waals surface area contributed by atoms with Crippen LogP contribution in [0.5, 0.6) is 0 Å². The van der Waals surface area contributed by atoms with E-state index in [1.165, 1.54) is 0 Å². The molecule has 0 spiro atoms. The number of aryl methyl sites for hydroxylation is 1. The minimum atomic E-state index is 0.379. The van der Waals surface area contributed by atoms with Crippen LogP contribution in [0.3, 0.4) is 0 Å². The number of rotatable bonds is 2. The first kappa shape index (κ1) is 8.97. The zero-order valence-corrected chi connectivity index (χ0v) is 8.13. The molecule has 1 rings (SSSR count). The van der Waals surface area contributed by atoms with Crippen LogP contribution in [0.15, 0.2) is 6.58 Å². The zero-order chi connectivity index (χ0) is 9.30. The highest BCUT2D eigenvalue weighted by Gasteiger charge is 2.09. The van der Waals surface area contributed by atoms with Crippen molar-refractivity contribution in [2.24, 2.45) is 7.05 Å². The summed E-state index contributed by atoms with van der Waals surface area (Å²) in [6, 6.07) is 0. The Balaban J connectivity index is 3.09. The summed E-state index contributed by atoms with van der Waals surface area (Å²) in [7, 11) is 1.89. The van der Waals surface area contributed by atoms with E-state index in [9.17, 15) is 0 Å². The fourth-order valence-electron chi connectivity index (χ4n) is 1.02. The fraction of sp³-hybridized carbons (Fsp3) is 0.556. The highest BCUT2D eigenvalue weighted by Crippen LogP contribution is 2.13. The van der Waals surface area contributed by atoms with Gasteiger partial charge in [-0.05, 0) is 12.5 Å². The van der Waals surface area contributed by atoms with Crippen molar-refractivity contribution in [3.63, 3.8) is 0 Å². The smallest absolute Gasteiger partial charge is 0.153 e. The second-order valence-corrected chi connectivity index (χ2v) is 3.35. The van der Waals surface area contributed by atoms with E-state index in [0.29, 0.717) is 5.92 Å². The third kappa shape index (κ3) is 1.55. The Morgan fingerprint density at radius 1 is 1.50 bits per heavy atom. The average Bonchev–Trinajstić information content (AvgIpc) is 2.30. The van der Waals surface area contributed by atoms with Crippen LogP contribution in [-0.4, -0.2) is 14.8 Å². The van der Waals surface area contributed by atoms with E-state index in [2.05, 4.69) is 30.5 Å². The van der Waals surface area contributed by atoms with Crippen molar-refractivity contribution in [3.8, 4) is 0 Å². The largest absolute Gasteiger partial charge is 0.249 e. The summed E-state index contributed by atoms with van der Waals surface area (Å²) in [6.07, 6.45) is 0. The molecule has 0 unspecified atom stereocenters. The Labute approximate surface area is 73.1 Å². The Bertz CT molecular complexity index is 297. The van der Waals surface area contributed by atoms with Gasteiger partial charge in [-0.15, -0.1) is 0 Å². The summed E-state index contributed by atoms with van der Waals surface area (Å²) in [5.41, 5.74) is 0.955. The number of allylic oxidation sites excluding steroid dienone is 1. The quantitative estimate of drug-likeness (QED) is 0.670. The number of hydrogen-bond acceptors (Lipinski definition) is 2. The summed E-state index contributed by atoms with van der Waals surface area (Å²) >= 11 is 0. The van der Waals surface area contributed by atoms with Gasteiger partial charge in [0.05, 0.1) is 0 Å². The molecule has 0 aliphatic heterocycles. The second kappa shape index (κ2) is 3.09. The van der Waals surface area contributed by atoms with Crippen molar-refractivity contribution < 1.29 is 0 Å². The van der Waals surface area contributed by atoms with Gasteiger partial charge in [0.1, 0.15) is 0 Å². The molecule has 1 heterocycles. The third-order valence-corrected chi connectivity index (χ3v) is 1.68. The van der Waals surface area contributed by atoms with Crippen LogP contribution in [0.1, 0.15) is 38.3 Å². The Kier molecular flexibility index (Phi) is 2.31. The van der Waals surface area contributed by atoms with E-state index in [-0.39, 0.29) is 0 Å². The predicted molar refractivity (Wildman–Crippen MR) is 49.8 cm³/mol. The lowest BCUT2D eigenvalue weighted by molar-refractivity contribution is 0.705. The molecule has 0 aromatic carbocycles. The monoisotopic (exact) mass is 165 g/mol. The van der Waals surface area contributed by atoms with Crippen LogP contribution in [0.2, 0.25) is 0 Å². The maximum Gasteiger partial charge on any atom is 0.153 e. The fourth-order valence-corrected chi connectivity index (χ4v) is 1.02. The molecule has 0 N–H and O–H groups in total. The second-order valence-electron chi connectivity index (χ2n) is 3.35. The maximum absolute atomic E-state index is 4.36. The Hall–Kier alpha value is -1.12. The summed E-state index contributed by atoms with van der Waals surface area (Å²) in [4.78, 5) is 4.36. The highest BCUT2D eigenvalue weighted by atomic mass is 15.3. The van der Waals surface area contributed by atoms with Gasteiger partial charge in [-0.2, -0.15) is 5.10 Å². The molecule has 3 nitrogen and oxygen atoms in total. The van der Waals surface area contributed by atoms with Gasteiger partial charge in [0.25, 0.3) is 0 Å². The van der Waals surface area contributed by atoms with Crippen molar-refractivity contribution in [2.45, 2.75) is 26.7 Å². The van der Waals surface area contributed by atoms with E-state index < -0.39 is 0 Å². The summed E-state index contributed by atoms with van der Waals surface area (Å²) < 4.78 is 1.78. The first-order valence-corrected chi connectivity index (χ1v) is 4.09. The topological polar surface area (TPSA) is 30.7 Å². The molecule has 0 saturated carbocycles. The van der Waals surface area contributed by atoms with Crippen LogP contribution in [0, 0.1) is 0 Å². The van der Waals surface area contributed by atoms with Crippen molar-refractivity contribution in [2.75, 3.05) is 0 Å². The minimum Gasteiger partial charge on any atom is -0.249 e. The van der Waals surface area contributed by atoms with Crippen molar-refractivity contribution >= 4 is 5.57 Å². The maximum atomic E-state index is 4.36.